The van der Waals surface area contributed by atoms with Crippen molar-refractivity contribution in [2.75, 3.05) is 14.2 Å². The van der Waals surface area contributed by atoms with Gasteiger partial charge in [-0.25, -0.2) is 4.79 Å². The van der Waals surface area contributed by atoms with E-state index in [1.165, 1.54) is 12.0 Å². The molecule has 0 saturated heterocycles. The summed E-state index contributed by atoms with van der Waals surface area (Å²) >= 11 is 0. The predicted octanol–water partition coefficient (Wildman–Crippen LogP) is 1.61. The molecule has 0 heterocycles. The Morgan fingerprint density at radius 3 is 2.87 bits per heavy atom. The molecule has 0 unspecified atom stereocenters. The van der Waals surface area contributed by atoms with E-state index in [4.69, 9.17) is 0 Å². The van der Waals surface area contributed by atoms with E-state index in [1.807, 2.05) is 19.1 Å². The molecule has 0 saturated carbocycles. The van der Waals surface area contributed by atoms with Gasteiger partial charge in [-0.2, -0.15) is 0 Å². The van der Waals surface area contributed by atoms with Crippen LogP contribution in [0, 0.1) is 5.41 Å². The molecule has 0 aromatic carbocycles. The van der Waals surface area contributed by atoms with E-state index >= 15 is 0 Å². The van der Waals surface area contributed by atoms with Crippen LogP contribution < -0.4 is 0 Å². The first kappa shape index (κ1) is 11.8. The number of carbonyl (C=O) groups excluding carboxylic acids is 2. The van der Waals surface area contributed by atoms with Crippen LogP contribution in [-0.2, 0) is 9.53 Å². The fourth-order valence-electron chi connectivity index (χ4n) is 1.94. The van der Waals surface area contributed by atoms with E-state index in [9.17, 15) is 9.59 Å². The molecule has 0 aromatic rings. The third-order valence-corrected chi connectivity index (χ3v) is 2.99. The van der Waals surface area contributed by atoms with Crippen molar-refractivity contribution in [2.45, 2.75) is 25.8 Å². The van der Waals surface area contributed by atoms with E-state index < -0.39 is 11.5 Å². The van der Waals surface area contributed by atoms with Gasteiger partial charge >= 0.3 is 6.09 Å². The van der Waals surface area contributed by atoms with Crippen molar-refractivity contribution in [3.05, 3.63) is 12.2 Å². The second-order valence-electron chi connectivity index (χ2n) is 4.12. The maximum Gasteiger partial charge on any atom is 0.409 e. The Hall–Kier alpha value is -1.32. The zero-order valence-corrected chi connectivity index (χ0v) is 9.40. The van der Waals surface area contributed by atoms with Gasteiger partial charge in [0.1, 0.15) is 6.29 Å². The zero-order chi connectivity index (χ0) is 11.5. The summed E-state index contributed by atoms with van der Waals surface area (Å²) in [7, 11) is 2.98. The highest BCUT2D eigenvalue weighted by atomic mass is 16.5. The van der Waals surface area contributed by atoms with Gasteiger partial charge in [0, 0.05) is 12.5 Å². The van der Waals surface area contributed by atoms with Crippen molar-refractivity contribution >= 4 is 12.4 Å². The van der Waals surface area contributed by atoms with E-state index in [0.29, 0.717) is 0 Å². The lowest BCUT2D eigenvalue weighted by Gasteiger charge is -2.38. The smallest absolute Gasteiger partial charge is 0.409 e. The lowest BCUT2D eigenvalue weighted by atomic mass is 9.75. The summed E-state index contributed by atoms with van der Waals surface area (Å²) in [5.41, 5.74) is -0.502. The lowest BCUT2D eigenvalue weighted by molar-refractivity contribution is -0.118. The second-order valence-corrected chi connectivity index (χ2v) is 4.12. The molecule has 1 rings (SSSR count). The third-order valence-electron chi connectivity index (χ3n) is 2.99. The highest BCUT2D eigenvalue weighted by Crippen LogP contribution is 2.33. The van der Waals surface area contributed by atoms with E-state index in [0.717, 1.165) is 19.1 Å². The molecular formula is C11H17NO3. The number of ether oxygens (including phenoxy) is 1. The van der Waals surface area contributed by atoms with Gasteiger partial charge in [0.2, 0.25) is 0 Å². The van der Waals surface area contributed by atoms with Crippen LogP contribution in [-0.4, -0.2) is 37.5 Å². The Morgan fingerprint density at radius 1 is 1.67 bits per heavy atom. The number of rotatable bonds is 2. The van der Waals surface area contributed by atoms with Gasteiger partial charge in [-0.3, -0.25) is 0 Å². The molecule has 0 N–H and O–H groups in total. The number of amides is 1. The Kier molecular flexibility index (Phi) is 3.50. The molecule has 4 nitrogen and oxygen atoms in total. The normalized spacial score (nSPS) is 29.7. The molecule has 0 radical (unpaired) electrons. The molecule has 1 aliphatic rings. The summed E-state index contributed by atoms with van der Waals surface area (Å²) in [6, 6.07) is -0.212. The quantitative estimate of drug-likeness (QED) is 0.515. The highest BCUT2D eigenvalue weighted by Gasteiger charge is 2.38. The van der Waals surface area contributed by atoms with E-state index in [2.05, 4.69) is 4.74 Å². The SMILES string of the molecule is COC(=O)N(C)[C@H]1C=CCC[C@@]1(C)C=O. The first-order valence-corrected chi connectivity index (χ1v) is 4.99. The molecule has 4 heteroatoms. The minimum Gasteiger partial charge on any atom is -0.453 e. The molecule has 0 aliphatic heterocycles. The van der Waals surface area contributed by atoms with Crippen molar-refractivity contribution < 1.29 is 14.3 Å². The standard InChI is InChI=1S/C11H17NO3/c1-11(8-13)7-5-4-6-9(11)12(2)10(14)15-3/h4,6,8-9H,5,7H2,1-3H3/t9-,11-/m0/s1. The van der Waals surface area contributed by atoms with Crippen LogP contribution in [0.5, 0.6) is 0 Å². The first-order valence-electron chi connectivity index (χ1n) is 4.99. The van der Waals surface area contributed by atoms with Gasteiger partial charge in [0.15, 0.2) is 0 Å². The summed E-state index contributed by atoms with van der Waals surface area (Å²) in [5.74, 6) is 0. The largest absolute Gasteiger partial charge is 0.453 e. The minimum absolute atomic E-state index is 0.212. The highest BCUT2D eigenvalue weighted by molar-refractivity contribution is 5.70. The van der Waals surface area contributed by atoms with Crippen LogP contribution in [0.4, 0.5) is 4.79 Å². The van der Waals surface area contributed by atoms with Crippen LogP contribution in [0.25, 0.3) is 0 Å². The number of hydrogen-bond acceptors (Lipinski definition) is 3. The number of hydrogen-bond donors (Lipinski definition) is 0. The Bertz CT molecular complexity index is 288. The van der Waals surface area contributed by atoms with Crippen LogP contribution in [0.15, 0.2) is 12.2 Å². The first-order chi connectivity index (χ1) is 7.05. The molecule has 0 fully saturated rings. The van der Waals surface area contributed by atoms with Crippen molar-refractivity contribution in [3.8, 4) is 0 Å². The minimum atomic E-state index is -0.502. The van der Waals surface area contributed by atoms with Gasteiger partial charge in [-0.15, -0.1) is 0 Å². The van der Waals surface area contributed by atoms with Crippen LogP contribution in [0.3, 0.4) is 0 Å². The fraction of sp³-hybridized carbons (Fsp3) is 0.636. The maximum absolute atomic E-state index is 11.4. The predicted molar refractivity (Wildman–Crippen MR) is 56.5 cm³/mol. The number of allylic oxidation sites excluding steroid dienone is 1. The van der Waals surface area contributed by atoms with Crippen LogP contribution >= 0.6 is 0 Å². The van der Waals surface area contributed by atoms with Gasteiger partial charge in [-0.1, -0.05) is 19.1 Å². The monoisotopic (exact) mass is 211 g/mol. The Morgan fingerprint density at radius 2 is 2.33 bits per heavy atom. The summed E-state index contributed by atoms with van der Waals surface area (Å²) in [4.78, 5) is 23.9. The number of methoxy groups -OCH3 is 1. The zero-order valence-electron chi connectivity index (χ0n) is 9.40. The summed E-state index contributed by atoms with van der Waals surface area (Å²) in [5, 5.41) is 0. The topological polar surface area (TPSA) is 46.6 Å². The summed E-state index contributed by atoms with van der Waals surface area (Å²) in [6.07, 6.45) is 6.05. The number of carbonyl (C=O) groups is 2. The number of likely N-dealkylation sites (N-methyl/N-ethyl adjacent to an activating group) is 1. The number of aldehydes is 1. The average molecular weight is 211 g/mol. The molecule has 1 amide bonds. The molecule has 0 spiro atoms. The van der Waals surface area contributed by atoms with Crippen LogP contribution in [0.1, 0.15) is 19.8 Å². The lowest BCUT2D eigenvalue weighted by Crippen LogP contribution is -2.48. The third kappa shape index (κ3) is 2.19. The average Bonchev–Trinajstić information content (AvgIpc) is 2.27. The van der Waals surface area contributed by atoms with E-state index in [-0.39, 0.29) is 6.04 Å². The van der Waals surface area contributed by atoms with Crippen molar-refractivity contribution in [2.24, 2.45) is 5.41 Å². The molecule has 0 aromatic heterocycles. The van der Waals surface area contributed by atoms with E-state index in [1.54, 1.807) is 7.05 Å². The summed E-state index contributed by atoms with van der Waals surface area (Å²) in [6.45, 7) is 1.87. The van der Waals surface area contributed by atoms with Crippen molar-refractivity contribution in [1.29, 1.82) is 0 Å². The fourth-order valence-corrected chi connectivity index (χ4v) is 1.94. The van der Waals surface area contributed by atoms with Gasteiger partial charge in [0.05, 0.1) is 13.2 Å². The molecule has 15 heavy (non-hydrogen) atoms. The molecule has 1 aliphatic carbocycles. The number of nitrogens with zero attached hydrogens (tertiary/aromatic N) is 1. The molecular weight excluding hydrogens is 194 g/mol. The van der Waals surface area contributed by atoms with Gasteiger partial charge in [0.25, 0.3) is 0 Å². The second kappa shape index (κ2) is 4.47. The molecule has 0 bridgehead atoms. The molecule has 2 atom stereocenters. The maximum atomic E-state index is 11.4. The summed E-state index contributed by atoms with van der Waals surface area (Å²) < 4.78 is 4.64. The Balaban J connectivity index is 2.90. The van der Waals surface area contributed by atoms with Gasteiger partial charge in [-0.05, 0) is 12.8 Å². The van der Waals surface area contributed by atoms with Gasteiger partial charge < -0.3 is 14.4 Å². The Labute approximate surface area is 89.9 Å². The van der Waals surface area contributed by atoms with Crippen molar-refractivity contribution in [3.63, 3.8) is 0 Å². The molecule has 84 valence electrons. The van der Waals surface area contributed by atoms with Crippen molar-refractivity contribution in [1.82, 2.24) is 4.90 Å². The van der Waals surface area contributed by atoms with Crippen LogP contribution in [0.2, 0.25) is 0 Å².